The van der Waals surface area contributed by atoms with E-state index in [4.69, 9.17) is 0 Å². The summed E-state index contributed by atoms with van der Waals surface area (Å²) in [5.41, 5.74) is 0.550. The molecule has 0 aliphatic carbocycles. The van der Waals surface area contributed by atoms with Gasteiger partial charge in [-0.25, -0.2) is 8.42 Å². The average molecular weight is 486 g/mol. The molecule has 0 radical (unpaired) electrons. The lowest BCUT2D eigenvalue weighted by atomic mass is 10.1. The summed E-state index contributed by atoms with van der Waals surface area (Å²) in [6.07, 6.45) is 1.12. The fourth-order valence-corrected chi connectivity index (χ4v) is 4.69. The molecule has 0 saturated heterocycles. The lowest BCUT2D eigenvalue weighted by molar-refractivity contribution is -0.385. The van der Waals surface area contributed by atoms with Crippen LogP contribution in [0.5, 0.6) is 0 Å². The summed E-state index contributed by atoms with van der Waals surface area (Å²) in [6, 6.07) is 10.5. The van der Waals surface area contributed by atoms with Crippen LogP contribution in [0.3, 0.4) is 0 Å². The van der Waals surface area contributed by atoms with Crippen molar-refractivity contribution in [3.05, 3.63) is 71.5 Å². The van der Waals surface area contributed by atoms with E-state index in [0.717, 1.165) is 6.08 Å². The van der Waals surface area contributed by atoms with Crippen LogP contribution in [0.25, 0.3) is 6.08 Å². The first-order chi connectivity index (χ1) is 11.7. The van der Waals surface area contributed by atoms with Crippen molar-refractivity contribution in [1.29, 1.82) is 5.26 Å². The van der Waals surface area contributed by atoms with Gasteiger partial charge in [0.25, 0.3) is 5.69 Å². The zero-order valence-electron chi connectivity index (χ0n) is 12.7. The predicted octanol–water partition coefficient (Wildman–Crippen LogP) is 4.77. The Kier molecular flexibility index (Phi) is 5.77. The van der Waals surface area contributed by atoms with Crippen LogP contribution in [0.2, 0.25) is 0 Å². The third-order valence-corrected chi connectivity index (χ3v) is 6.46. The lowest BCUT2D eigenvalue weighted by Gasteiger charge is -2.07. The Labute approximate surface area is 161 Å². The molecule has 0 amide bonds. The Bertz CT molecular complexity index is 1040. The fourth-order valence-electron chi connectivity index (χ4n) is 2.04. The number of allylic oxidation sites excluding steroid dienone is 1. The molecule has 0 aliphatic rings. The third-order valence-electron chi connectivity index (χ3n) is 3.31. The van der Waals surface area contributed by atoms with Gasteiger partial charge in [0.1, 0.15) is 11.0 Å². The van der Waals surface area contributed by atoms with Crippen molar-refractivity contribution in [2.24, 2.45) is 0 Å². The number of sulfone groups is 1. The number of nitro groups is 1. The van der Waals surface area contributed by atoms with E-state index < -0.39 is 19.7 Å². The van der Waals surface area contributed by atoms with E-state index in [2.05, 4.69) is 31.9 Å². The second-order valence-corrected chi connectivity index (χ2v) is 8.66. The van der Waals surface area contributed by atoms with Crippen LogP contribution in [0.1, 0.15) is 11.1 Å². The number of rotatable bonds is 4. The second-order valence-electron chi connectivity index (χ2n) is 5.00. The van der Waals surface area contributed by atoms with E-state index in [9.17, 15) is 23.8 Å². The Morgan fingerprint density at radius 3 is 2.52 bits per heavy atom. The molecule has 0 aromatic heterocycles. The first kappa shape index (κ1) is 19.3. The number of benzene rings is 2. The molecule has 0 heterocycles. The number of hydrogen-bond donors (Lipinski definition) is 0. The molecule has 0 unspecified atom stereocenters. The van der Waals surface area contributed by atoms with Gasteiger partial charge < -0.3 is 0 Å². The van der Waals surface area contributed by atoms with Crippen molar-refractivity contribution in [3.63, 3.8) is 0 Å². The second kappa shape index (κ2) is 7.47. The Hall–Kier alpha value is -2.02. The molecule has 2 aromatic carbocycles. The smallest absolute Gasteiger partial charge is 0.258 e. The van der Waals surface area contributed by atoms with Crippen LogP contribution in [0, 0.1) is 28.4 Å². The molecule has 0 aliphatic heterocycles. The number of halogens is 2. The molecule has 0 bridgehead atoms. The monoisotopic (exact) mass is 484 g/mol. The van der Waals surface area contributed by atoms with Gasteiger partial charge in [0.05, 0.1) is 9.82 Å². The van der Waals surface area contributed by atoms with Crippen LogP contribution in [0.4, 0.5) is 5.69 Å². The highest BCUT2D eigenvalue weighted by Gasteiger charge is 2.24. The van der Waals surface area contributed by atoms with Crippen molar-refractivity contribution in [3.8, 4) is 6.07 Å². The first-order valence-electron chi connectivity index (χ1n) is 6.74. The van der Waals surface area contributed by atoms with Gasteiger partial charge in [-0.05, 0) is 52.7 Å². The maximum Gasteiger partial charge on any atom is 0.272 e. The highest BCUT2D eigenvalue weighted by molar-refractivity contribution is 9.11. The summed E-state index contributed by atoms with van der Waals surface area (Å²) in [5, 5.41) is 20.3. The van der Waals surface area contributed by atoms with E-state index >= 15 is 0 Å². The SMILES string of the molecule is Cc1ccc(/C=C(\C#N)S(=O)(=O)c2cc(Br)ccc2Br)cc1[N+](=O)[O-]. The van der Waals surface area contributed by atoms with Gasteiger partial charge in [-0.15, -0.1) is 0 Å². The molecule has 0 N–H and O–H groups in total. The molecule has 0 fully saturated rings. The molecule has 2 aromatic rings. The molecule has 0 atom stereocenters. The van der Waals surface area contributed by atoms with Gasteiger partial charge in [0.15, 0.2) is 0 Å². The fraction of sp³-hybridized carbons (Fsp3) is 0.0625. The van der Waals surface area contributed by atoms with Gasteiger partial charge in [0.2, 0.25) is 9.84 Å². The van der Waals surface area contributed by atoms with E-state index in [1.165, 1.54) is 24.3 Å². The van der Waals surface area contributed by atoms with Crippen LogP contribution in [-0.2, 0) is 9.84 Å². The minimum atomic E-state index is -4.09. The number of nitro benzene ring substituents is 1. The third kappa shape index (κ3) is 4.15. The summed E-state index contributed by atoms with van der Waals surface area (Å²) >= 11 is 6.36. The number of nitriles is 1. The van der Waals surface area contributed by atoms with Crippen molar-refractivity contribution in [2.75, 3.05) is 0 Å². The van der Waals surface area contributed by atoms with Gasteiger partial charge in [-0.1, -0.05) is 28.1 Å². The van der Waals surface area contributed by atoms with Crippen molar-refractivity contribution < 1.29 is 13.3 Å². The zero-order chi connectivity index (χ0) is 18.8. The van der Waals surface area contributed by atoms with Crippen LogP contribution < -0.4 is 0 Å². The quantitative estimate of drug-likeness (QED) is 0.352. The van der Waals surface area contributed by atoms with Crippen LogP contribution >= 0.6 is 31.9 Å². The van der Waals surface area contributed by atoms with Crippen molar-refractivity contribution in [1.82, 2.24) is 0 Å². The van der Waals surface area contributed by atoms with Crippen molar-refractivity contribution in [2.45, 2.75) is 11.8 Å². The molecule has 0 spiro atoms. The molecule has 25 heavy (non-hydrogen) atoms. The number of hydrogen-bond acceptors (Lipinski definition) is 5. The van der Waals surface area contributed by atoms with E-state index in [1.807, 2.05) is 0 Å². The topological polar surface area (TPSA) is 101 Å². The maximum absolute atomic E-state index is 12.8. The van der Waals surface area contributed by atoms with Crippen LogP contribution in [0.15, 0.2) is 55.1 Å². The molecular formula is C16H10Br2N2O4S. The molecule has 128 valence electrons. The van der Waals surface area contributed by atoms with Gasteiger partial charge in [-0.3, -0.25) is 10.1 Å². The normalized spacial score (nSPS) is 11.8. The Morgan fingerprint density at radius 2 is 1.92 bits per heavy atom. The summed E-state index contributed by atoms with van der Waals surface area (Å²) in [5.74, 6) is 0. The molecule has 6 nitrogen and oxygen atoms in total. The molecular weight excluding hydrogens is 476 g/mol. The van der Waals surface area contributed by atoms with Crippen molar-refractivity contribution >= 4 is 53.5 Å². The predicted molar refractivity (Wildman–Crippen MR) is 100 cm³/mol. The summed E-state index contributed by atoms with van der Waals surface area (Å²) in [7, 11) is -4.09. The Morgan fingerprint density at radius 1 is 1.24 bits per heavy atom. The minimum absolute atomic E-state index is 0.0729. The van der Waals surface area contributed by atoms with E-state index in [1.54, 1.807) is 25.1 Å². The summed E-state index contributed by atoms with van der Waals surface area (Å²) in [4.78, 5) is 9.88. The highest BCUT2D eigenvalue weighted by Crippen LogP contribution is 2.31. The van der Waals surface area contributed by atoms with Gasteiger partial charge >= 0.3 is 0 Å². The van der Waals surface area contributed by atoms with Gasteiger partial charge in [-0.2, -0.15) is 5.26 Å². The Balaban J connectivity index is 2.62. The summed E-state index contributed by atoms with van der Waals surface area (Å²) in [6.45, 7) is 1.58. The standard InChI is InChI=1S/C16H10Br2N2O4S/c1-10-2-3-11(7-15(10)20(21)22)6-13(9-19)25(23,24)16-8-12(17)4-5-14(16)18/h2-8H,1H3/b13-6+. The highest BCUT2D eigenvalue weighted by atomic mass is 79.9. The summed E-state index contributed by atoms with van der Waals surface area (Å²) < 4.78 is 26.4. The number of nitrogens with zero attached hydrogens (tertiary/aromatic N) is 2. The van der Waals surface area contributed by atoms with Gasteiger partial charge in [0, 0.05) is 20.6 Å². The zero-order valence-corrected chi connectivity index (χ0v) is 16.7. The maximum atomic E-state index is 12.8. The number of aryl methyl sites for hydroxylation is 1. The molecule has 9 heteroatoms. The molecule has 2 rings (SSSR count). The van der Waals surface area contributed by atoms with E-state index in [-0.39, 0.29) is 16.1 Å². The lowest BCUT2D eigenvalue weighted by Crippen LogP contribution is -2.05. The average Bonchev–Trinajstić information content (AvgIpc) is 2.55. The largest absolute Gasteiger partial charge is 0.272 e. The first-order valence-corrected chi connectivity index (χ1v) is 9.80. The molecule has 0 saturated carbocycles. The minimum Gasteiger partial charge on any atom is -0.258 e. The van der Waals surface area contributed by atoms with E-state index in [0.29, 0.717) is 14.5 Å². The van der Waals surface area contributed by atoms with Crippen LogP contribution in [-0.4, -0.2) is 13.3 Å².